The molecular formula is C17H19BrN4O2. The van der Waals surface area contributed by atoms with Gasteiger partial charge in [-0.25, -0.2) is 4.68 Å². The number of carbonyl (C=O) groups is 1. The molecule has 1 fully saturated rings. The summed E-state index contributed by atoms with van der Waals surface area (Å²) < 4.78 is 2.67. The van der Waals surface area contributed by atoms with Crippen molar-refractivity contribution in [2.24, 2.45) is 0 Å². The third kappa shape index (κ3) is 3.57. The van der Waals surface area contributed by atoms with Gasteiger partial charge in [0.2, 0.25) is 5.91 Å². The van der Waals surface area contributed by atoms with Crippen molar-refractivity contribution in [3.8, 4) is 0 Å². The molecule has 0 unspecified atom stereocenters. The second-order valence-electron chi connectivity index (χ2n) is 6.39. The van der Waals surface area contributed by atoms with Crippen molar-refractivity contribution in [3.05, 3.63) is 52.3 Å². The Bertz CT molecular complexity index is 773. The third-order valence-electron chi connectivity index (χ3n) is 4.00. The summed E-state index contributed by atoms with van der Waals surface area (Å²) in [6, 6.07) is 7.85. The summed E-state index contributed by atoms with van der Waals surface area (Å²) >= 11 is 3.46. The van der Waals surface area contributed by atoms with Crippen LogP contribution in [0.1, 0.15) is 31.1 Å². The molecule has 7 heteroatoms. The quantitative estimate of drug-likeness (QED) is 0.813. The van der Waals surface area contributed by atoms with Gasteiger partial charge < -0.3 is 10.0 Å². The summed E-state index contributed by atoms with van der Waals surface area (Å²) in [7, 11) is 0. The van der Waals surface area contributed by atoms with Crippen molar-refractivity contribution in [1.82, 2.24) is 19.9 Å². The van der Waals surface area contributed by atoms with E-state index in [9.17, 15) is 9.90 Å². The number of halogens is 1. The molecule has 0 aliphatic carbocycles. The molecule has 24 heavy (non-hydrogen) atoms. The molecule has 3 rings (SSSR count). The Labute approximate surface area is 148 Å². The van der Waals surface area contributed by atoms with Crippen molar-refractivity contribution in [1.29, 1.82) is 0 Å². The number of nitrogens with zero attached hydrogens (tertiary/aromatic N) is 4. The molecule has 0 bridgehead atoms. The van der Waals surface area contributed by atoms with Crippen LogP contribution in [0.2, 0.25) is 0 Å². The van der Waals surface area contributed by atoms with Crippen LogP contribution < -0.4 is 0 Å². The van der Waals surface area contributed by atoms with Crippen LogP contribution >= 0.6 is 15.9 Å². The number of hydrogen-bond acceptors (Lipinski definition) is 4. The predicted molar refractivity (Wildman–Crippen MR) is 94.1 cm³/mol. The van der Waals surface area contributed by atoms with Crippen LogP contribution in [-0.4, -0.2) is 44.0 Å². The Morgan fingerprint density at radius 3 is 2.71 bits per heavy atom. The zero-order valence-corrected chi connectivity index (χ0v) is 15.1. The number of likely N-dealkylation sites (tertiary alicyclic amines) is 1. The van der Waals surface area contributed by atoms with Gasteiger partial charge >= 0.3 is 0 Å². The Morgan fingerprint density at radius 2 is 2.08 bits per heavy atom. The highest BCUT2D eigenvalue weighted by Crippen LogP contribution is 2.24. The minimum Gasteiger partial charge on any atom is -0.384 e. The zero-order chi connectivity index (χ0) is 17.3. The fourth-order valence-electron chi connectivity index (χ4n) is 2.41. The molecule has 1 aromatic carbocycles. The van der Waals surface area contributed by atoms with E-state index in [4.69, 9.17) is 0 Å². The van der Waals surface area contributed by atoms with Crippen molar-refractivity contribution < 1.29 is 9.90 Å². The standard InChI is InChI=1S/C17H19BrN4O2/c1-17(2,24)15-11-22(20-19-15)13-9-21(10-13)16(23)8-7-12-5-3-4-6-14(12)18/h3-8,11,13,24H,9-10H2,1-2H3/b8-7+. The van der Waals surface area contributed by atoms with Crippen LogP contribution in [0.15, 0.2) is 41.0 Å². The van der Waals surface area contributed by atoms with Crippen LogP contribution in [0.3, 0.4) is 0 Å². The van der Waals surface area contributed by atoms with Gasteiger partial charge in [0, 0.05) is 23.6 Å². The first-order valence-electron chi connectivity index (χ1n) is 7.71. The first-order valence-corrected chi connectivity index (χ1v) is 8.50. The summed E-state index contributed by atoms with van der Waals surface area (Å²) in [5.41, 5.74) is 0.485. The van der Waals surface area contributed by atoms with E-state index in [2.05, 4.69) is 26.2 Å². The highest BCUT2D eigenvalue weighted by atomic mass is 79.9. The number of hydrogen-bond donors (Lipinski definition) is 1. The highest BCUT2D eigenvalue weighted by molar-refractivity contribution is 9.10. The second kappa shape index (κ2) is 6.49. The van der Waals surface area contributed by atoms with Crippen LogP contribution in [-0.2, 0) is 10.4 Å². The largest absolute Gasteiger partial charge is 0.384 e. The van der Waals surface area contributed by atoms with Gasteiger partial charge in [0.15, 0.2) is 0 Å². The smallest absolute Gasteiger partial charge is 0.246 e. The Morgan fingerprint density at radius 1 is 1.38 bits per heavy atom. The van der Waals surface area contributed by atoms with Crippen molar-refractivity contribution in [2.75, 3.05) is 13.1 Å². The monoisotopic (exact) mass is 390 g/mol. The molecule has 1 saturated heterocycles. The maximum Gasteiger partial charge on any atom is 0.246 e. The molecular weight excluding hydrogens is 372 g/mol. The lowest BCUT2D eigenvalue weighted by molar-refractivity contribution is -0.131. The van der Waals surface area contributed by atoms with E-state index in [0.717, 1.165) is 10.0 Å². The molecule has 0 radical (unpaired) electrons. The van der Waals surface area contributed by atoms with Gasteiger partial charge in [-0.1, -0.05) is 39.3 Å². The molecule has 6 nitrogen and oxygen atoms in total. The average Bonchev–Trinajstić information content (AvgIpc) is 2.94. The number of amides is 1. The van der Waals surface area contributed by atoms with Gasteiger partial charge in [-0.05, 0) is 31.6 Å². The number of aromatic nitrogens is 3. The first-order chi connectivity index (χ1) is 11.3. The van der Waals surface area contributed by atoms with E-state index in [1.165, 1.54) is 0 Å². The van der Waals surface area contributed by atoms with Crippen LogP contribution in [0.5, 0.6) is 0 Å². The van der Waals surface area contributed by atoms with E-state index in [1.54, 1.807) is 35.7 Å². The lowest BCUT2D eigenvalue weighted by Crippen LogP contribution is -2.50. The normalized spacial score (nSPS) is 15.8. The fourth-order valence-corrected chi connectivity index (χ4v) is 2.83. The molecule has 0 spiro atoms. The number of rotatable bonds is 4. The molecule has 1 aromatic heterocycles. The van der Waals surface area contributed by atoms with Gasteiger partial charge in [0.1, 0.15) is 11.3 Å². The Kier molecular flexibility index (Phi) is 4.56. The third-order valence-corrected chi connectivity index (χ3v) is 4.72. The minimum atomic E-state index is -1.01. The van der Waals surface area contributed by atoms with E-state index >= 15 is 0 Å². The summed E-state index contributed by atoms with van der Waals surface area (Å²) in [6.07, 6.45) is 5.13. The minimum absolute atomic E-state index is 0.0233. The molecule has 0 saturated carbocycles. The summed E-state index contributed by atoms with van der Waals surface area (Å²) in [4.78, 5) is 13.9. The van der Waals surface area contributed by atoms with Crippen molar-refractivity contribution in [3.63, 3.8) is 0 Å². The van der Waals surface area contributed by atoms with Crippen molar-refractivity contribution >= 4 is 27.9 Å². The number of carbonyl (C=O) groups excluding carboxylic acids is 1. The summed E-state index contributed by atoms with van der Waals surface area (Å²) in [6.45, 7) is 4.52. The molecule has 2 aromatic rings. The van der Waals surface area contributed by atoms with Crippen molar-refractivity contribution in [2.45, 2.75) is 25.5 Å². The topological polar surface area (TPSA) is 71.2 Å². The molecule has 1 aliphatic heterocycles. The lowest BCUT2D eigenvalue weighted by Gasteiger charge is -2.38. The molecule has 2 heterocycles. The molecule has 1 aliphatic rings. The Balaban J connectivity index is 1.57. The first kappa shape index (κ1) is 16.9. The Hall–Kier alpha value is -1.99. The van der Waals surface area contributed by atoms with Crippen LogP contribution in [0.25, 0.3) is 6.08 Å². The maximum absolute atomic E-state index is 12.2. The van der Waals surface area contributed by atoms with E-state index in [0.29, 0.717) is 18.8 Å². The van der Waals surface area contributed by atoms with E-state index in [1.807, 2.05) is 30.3 Å². The number of benzene rings is 1. The maximum atomic E-state index is 12.2. The van der Waals surface area contributed by atoms with E-state index < -0.39 is 5.60 Å². The van der Waals surface area contributed by atoms with Gasteiger partial charge in [-0.15, -0.1) is 5.10 Å². The SMILES string of the molecule is CC(C)(O)c1cn(C2CN(C(=O)/C=C/c3ccccc3Br)C2)nn1. The van der Waals surface area contributed by atoms with E-state index in [-0.39, 0.29) is 11.9 Å². The van der Waals surface area contributed by atoms with Gasteiger partial charge in [0.25, 0.3) is 0 Å². The predicted octanol–water partition coefficient (Wildman–Crippen LogP) is 2.36. The highest BCUT2D eigenvalue weighted by Gasteiger charge is 2.32. The summed E-state index contributed by atoms with van der Waals surface area (Å²) in [5, 5.41) is 18.0. The molecule has 0 atom stereocenters. The van der Waals surface area contributed by atoms with Gasteiger partial charge in [-0.3, -0.25) is 4.79 Å². The lowest BCUT2D eigenvalue weighted by atomic mass is 10.1. The number of aliphatic hydroxyl groups is 1. The second-order valence-corrected chi connectivity index (χ2v) is 7.25. The van der Waals surface area contributed by atoms with Crippen LogP contribution in [0.4, 0.5) is 0 Å². The van der Waals surface area contributed by atoms with Gasteiger partial charge in [0.05, 0.1) is 12.2 Å². The fraction of sp³-hybridized carbons (Fsp3) is 0.353. The zero-order valence-electron chi connectivity index (χ0n) is 13.6. The molecule has 1 amide bonds. The molecule has 1 N–H and O–H groups in total. The molecule has 126 valence electrons. The van der Waals surface area contributed by atoms with Crippen LogP contribution in [0, 0.1) is 0 Å². The average molecular weight is 391 g/mol. The summed E-state index contributed by atoms with van der Waals surface area (Å²) in [5.74, 6) is -0.0233. The van der Waals surface area contributed by atoms with Gasteiger partial charge in [-0.2, -0.15) is 0 Å².